The van der Waals surface area contributed by atoms with Gasteiger partial charge < -0.3 is 10.2 Å². The molecule has 37 heavy (non-hydrogen) atoms. The molecule has 0 aliphatic heterocycles. The van der Waals surface area contributed by atoms with E-state index in [1.165, 1.54) is 23.1 Å². The van der Waals surface area contributed by atoms with E-state index in [2.05, 4.69) is 62.5 Å². The summed E-state index contributed by atoms with van der Waals surface area (Å²) in [5.41, 5.74) is 6.62. The van der Waals surface area contributed by atoms with E-state index in [9.17, 15) is 9.59 Å². The molecule has 1 atom stereocenters. The lowest BCUT2D eigenvalue weighted by atomic mass is 9.94. The number of amides is 2. The monoisotopic (exact) mass is 496 g/mol. The predicted molar refractivity (Wildman–Crippen MR) is 150 cm³/mol. The molecule has 1 saturated carbocycles. The third-order valence-corrected chi connectivity index (χ3v) is 7.62. The van der Waals surface area contributed by atoms with E-state index < -0.39 is 6.04 Å². The minimum absolute atomic E-state index is 0.0245. The van der Waals surface area contributed by atoms with Crippen molar-refractivity contribution in [3.63, 3.8) is 0 Å². The van der Waals surface area contributed by atoms with Gasteiger partial charge in [-0.05, 0) is 61.4 Å². The Labute approximate surface area is 222 Å². The fraction of sp³-hybridized carbons (Fsp3) is 0.394. The van der Waals surface area contributed by atoms with Crippen molar-refractivity contribution in [2.45, 2.75) is 84.3 Å². The molecular weight excluding hydrogens is 456 g/mol. The van der Waals surface area contributed by atoms with Crippen molar-refractivity contribution in [3.05, 3.63) is 106 Å². The van der Waals surface area contributed by atoms with E-state index >= 15 is 0 Å². The zero-order chi connectivity index (χ0) is 26.2. The fourth-order valence-corrected chi connectivity index (χ4v) is 5.18. The SMILES string of the molecule is Cc1ccc(CN(C(=O)Cc2ccc(C)c(C)c2)[C@@H](Cc2ccccc2)C(=O)NC2CCCCC2)cc1. The van der Waals surface area contributed by atoms with Crippen LogP contribution < -0.4 is 5.32 Å². The highest BCUT2D eigenvalue weighted by Crippen LogP contribution is 2.21. The number of hydrogen-bond acceptors (Lipinski definition) is 2. The summed E-state index contributed by atoms with van der Waals surface area (Å²) in [6.07, 6.45) is 6.31. The number of nitrogens with zero attached hydrogens (tertiary/aromatic N) is 1. The lowest BCUT2D eigenvalue weighted by Gasteiger charge is -2.33. The molecule has 3 aromatic rings. The maximum Gasteiger partial charge on any atom is 0.243 e. The van der Waals surface area contributed by atoms with Crippen molar-refractivity contribution in [1.29, 1.82) is 0 Å². The summed E-state index contributed by atoms with van der Waals surface area (Å²) in [5.74, 6) is -0.0696. The summed E-state index contributed by atoms with van der Waals surface area (Å²) in [5, 5.41) is 3.32. The summed E-state index contributed by atoms with van der Waals surface area (Å²) in [7, 11) is 0. The minimum Gasteiger partial charge on any atom is -0.352 e. The fourth-order valence-electron chi connectivity index (χ4n) is 5.18. The first-order valence-corrected chi connectivity index (χ1v) is 13.6. The van der Waals surface area contributed by atoms with Gasteiger partial charge in [-0.3, -0.25) is 9.59 Å². The van der Waals surface area contributed by atoms with Gasteiger partial charge in [-0.15, -0.1) is 0 Å². The Balaban J connectivity index is 1.65. The van der Waals surface area contributed by atoms with Crippen LogP contribution in [0.3, 0.4) is 0 Å². The van der Waals surface area contributed by atoms with Crippen LogP contribution in [-0.2, 0) is 29.0 Å². The summed E-state index contributed by atoms with van der Waals surface area (Å²) < 4.78 is 0. The standard InChI is InChI=1S/C33H40N2O2/c1-24-14-17-28(18-15-24)23-35(32(36)22-29-19-16-25(2)26(3)20-29)31(21-27-10-6-4-7-11-27)33(37)34-30-12-8-5-9-13-30/h4,6-7,10-11,14-20,30-31H,5,8-9,12-13,21-23H2,1-3H3,(H,34,37)/t31-/m0/s1. The quantitative estimate of drug-likeness (QED) is 0.381. The Morgan fingerprint density at radius 1 is 0.811 bits per heavy atom. The smallest absolute Gasteiger partial charge is 0.243 e. The van der Waals surface area contributed by atoms with E-state index in [1.54, 1.807) is 0 Å². The molecule has 1 N–H and O–H groups in total. The molecule has 0 heterocycles. The van der Waals surface area contributed by atoms with Crippen LogP contribution in [0, 0.1) is 20.8 Å². The van der Waals surface area contributed by atoms with Gasteiger partial charge in [0.25, 0.3) is 0 Å². The molecule has 2 amide bonds. The van der Waals surface area contributed by atoms with Gasteiger partial charge in [-0.1, -0.05) is 97.6 Å². The number of rotatable bonds is 9. The summed E-state index contributed by atoms with van der Waals surface area (Å²) in [6.45, 7) is 6.61. The predicted octanol–water partition coefficient (Wildman–Crippen LogP) is 6.24. The third-order valence-electron chi connectivity index (χ3n) is 7.62. The average Bonchev–Trinajstić information content (AvgIpc) is 2.90. The first-order valence-electron chi connectivity index (χ1n) is 13.6. The van der Waals surface area contributed by atoms with Gasteiger partial charge >= 0.3 is 0 Å². The third kappa shape index (κ3) is 7.55. The Hall–Kier alpha value is -3.40. The molecule has 0 aromatic heterocycles. The largest absolute Gasteiger partial charge is 0.352 e. The number of hydrogen-bond donors (Lipinski definition) is 1. The Bertz CT molecular complexity index is 1180. The second-order valence-corrected chi connectivity index (χ2v) is 10.7. The number of carbonyl (C=O) groups is 2. The minimum atomic E-state index is -0.579. The van der Waals surface area contributed by atoms with Gasteiger partial charge in [0, 0.05) is 19.0 Å². The van der Waals surface area contributed by atoms with E-state index in [0.717, 1.165) is 42.4 Å². The van der Waals surface area contributed by atoms with Gasteiger partial charge in [0.15, 0.2) is 0 Å². The Morgan fingerprint density at radius 2 is 1.49 bits per heavy atom. The number of carbonyl (C=O) groups excluding carboxylic acids is 2. The molecule has 1 fully saturated rings. The topological polar surface area (TPSA) is 49.4 Å². The molecule has 0 unspecified atom stereocenters. The molecule has 0 spiro atoms. The van der Waals surface area contributed by atoms with Crippen molar-refractivity contribution in [3.8, 4) is 0 Å². The average molecular weight is 497 g/mol. The van der Waals surface area contributed by atoms with Crippen molar-refractivity contribution in [1.82, 2.24) is 10.2 Å². The lowest BCUT2D eigenvalue weighted by Crippen LogP contribution is -2.53. The summed E-state index contributed by atoms with van der Waals surface area (Å²) in [4.78, 5) is 29.6. The highest BCUT2D eigenvalue weighted by molar-refractivity contribution is 5.89. The van der Waals surface area contributed by atoms with Gasteiger partial charge in [0.05, 0.1) is 6.42 Å². The maximum atomic E-state index is 14.0. The summed E-state index contributed by atoms with van der Waals surface area (Å²) in [6, 6.07) is 24.1. The van der Waals surface area contributed by atoms with Crippen molar-refractivity contribution >= 4 is 11.8 Å². The van der Waals surface area contributed by atoms with Crippen LogP contribution in [0.15, 0.2) is 72.8 Å². The van der Waals surface area contributed by atoms with E-state index in [4.69, 9.17) is 0 Å². The maximum absolute atomic E-state index is 14.0. The van der Waals surface area contributed by atoms with Crippen molar-refractivity contribution < 1.29 is 9.59 Å². The first kappa shape index (κ1) is 26.7. The van der Waals surface area contributed by atoms with Crippen LogP contribution in [-0.4, -0.2) is 28.8 Å². The van der Waals surface area contributed by atoms with E-state index in [0.29, 0.717) is 13.0 Å². The molecule has 1 aliphatic carbocycles. The molecule has 0 radical (unpaired) electrons. The molecule has 4 rings (SSSR count). The van der Waals surface area contributed by atoms with Crippen molar-refractivity contribution in [2.24, 2.45) is 0 Å². The van der Waals surface area contributed by atoms with Gasteiger partial charge in [0.2, 0.25) is 11.8 Å². The number of aryl methyl sites for hydroxylation is 3. The molecule has 4 heteroatoms. The van der Waals surface area contributed by atoms with Crippen LogP contribution in [0.1, 0.15) is 65.5 Å². The molecule has 194 valence electrons. The molecular formula is C33H40N2O2. The second kappa shape index (κ2) is 12.7. The molecule has 0 bridgehead atoms. The molecule has 1 aliphatic rings. The lowest BCUT2D eigenvalue weighted by molar-refractivity contribution is -0.141. The first-order chi connectivity index (χ1) is 17.9. The zero-order valence-electron chi connectivity index (χ0n) is 22.5. The Kier molecular flexibility index (Phi) is 9.16. The van der Waals surface area contributed by atoms with E-state index in [1.807, 2.05) is 41.3 Å². The summed E-state index contributed by atoms with van der Waals surface area (Å²) >= 11 is 0. The molecule has 4 nitrogen and oxygen atoms in total. The molecule has 0 saturated heterocycles. The van der Waals surface area contributed by atoms with Gasteiger partial charge in [-0.2, -0.15) is 0 Å². The normalized spacial score (nSPS) is 14.7. The van der Waals surface area contributed by atoms with Crippen LogP contribution >= 0.6 is 0 Å². The van der Waals surface area contributed by atoms with Crippen LogP contribution in [0.2, 0.25) is 0 Å². The second-order valence-electron chi connectivity index (χ2n) is 10.7. The Morgan fingerprint density at radius 3 is 2.16 bits per heavy atom. The van der Waals surface area contributed by atoms with Crippen LogP contribution in [0.5, 0.6) is 0 Å². The number of nitrogens with one attached hydrogen (secondary N) is 1. The highest BCUT2D eigenvalue weighted by atomic mass is 16.2. The van der Waals surface area contributed by atoms with Gasteiger partial charge in [0.1, 0.15) is 6.04 Å². The van der Waals surface area contributed by atoms with Crippen LogP contribution in [0.25, 0.3) is 0 Å². The zero-order valence-corrected chi connectivity index (χ0v) is 22.5. The number of benzene rings is 3. The van der Waals surface area contributed by atoms with Crippen molar-refractivity contribution in [2.75, 3.05) is 0 Å². The highest BCUT2D eigenvalue weighted by Gasteiger charge is 2.32. The van der Waals surface area contributed by atoms with Crippen LogP contribution in [0.4, 0.5) is 0 Å². The van der Waals surface area contributed by atoms with E-state index in [-0.39, 0.29) is 24.3 Å². The van der Waals surface area contributed by atoms with Gasteiger partial charge in [-0.25, -0.2) is 0 Å². The molecule has 3 aromatic carbocycles.